The molecule has 1 N–H and O–H groups in total. The van der Waals surface area contributed by atoms with Crippen molar-refractivity contribution in [2.45, 2.75) is 57.4 Å². The topological polar surface area (TPSA) is 64.6 Å². The molecule has 1 aromatic carbocycles. The fraction of sp³-hybridized carbons (Fsp3) is 0.579. The molecule has 5 nitrogen and oxygen atoms in total. The summed E-state index contributed by atoms with van der Waals surface area (Å²) in [5.41, 5.74) is 0.0752. The largest absolute Gasteiger partial charge is 0.483 e. The van der Waals surface area contributed by atoms with Gasteiger partial charge in [0.1, 0.15) is 11.3 Å². The maximum absolute atomic E-state index is 12.3. The van der Waals surface area contributed by atoms with Crippen LogP contribution in [-0.4, -0.2) is 31.1 Å². The standard InChI is InChI=1S/C19H27NO4/c1-18(2,3)14-9-5-6-10-15(14)24-13-16(21)20-19(17(22)23-4)11-7-8-12-19/h5-6,9-10H,7-8,11-13H2,1-4H3,(H,20,21). The van der Waals surface area contributed by atoms with E-state index in [1.165, 1.54) is 7.11 Å². The van der Waals surface area contributed by atoms with Crippen LogP contribution in [0.25, 0.3) is 0 Å². The molecule has 0 aromatic heterocycles. The maximum atomic E-state index is 12.3. The average Bonchev–Trinajstić information content (AvgIpc) is 3.01. The van der Waals surface area contributed by atoms with Crippen LogP contribution in [0.4, 0.5) is 0 Å². The van der Waals surface area contributed by atoms with Crippen molar-refractivity contribution in [2.75, 3.05) is 13.7 Å². The summed E-state index contributed by atoms with van der Waals surface area (Å²) in [5, 5.41) is 2.83. The second-order valence-corrected chi connectivity index (χ2v) is 7.36. The molecule has 1 saturated carbocycles. The van der Waals surface area contributed by atoms with E-state index < -0.39 is 5.54 Å². The lowest BCUT2D eigenvalue weighted by molar-refractivity contribution is -0.151. The SMILES string of the molecule is COC(=O)C1(NC(=O)COc2ccccc2C(C)(C)C)CCCC1. The predicted octanol–water partition coefficient (Wildman–Crippen LogP) is 2.96. The molecule has 132 valence electrons. The summed E-state index contributed by atoms with van der Waals surface area (Å²) in [6.45, 7) is 6.17. The Balaban J connectivity index is 2.03. The van der Waals surface area contributed by atoms with Gasteiger partial charge in [-0.15, -0.1) is 0 Å². The van der Waals surface area contributed by atoms with Crippen LogP contribution in [0.3, 0.4) is 0 Å². The van der Waals surface area contributed by atoms with E-state index in [1.807, 2.05) is 24.3 Å². The number of nitrogens with one attached hydrogen (secondary N) is 1. The van der Waals surface area contributed by atoms with Gasteiger partial charge in [-0.3, -0.25) is 4.79 Å². The number of esters is 1. The highest BCUT2D eigenvalue weighted by Crippen LogP contribution is 2.32. The van der Waals surface area contributed by atoms with Gasteiger partial charge in [-0.1, -0.05) is 51.8 Å². The summed E-state index contributed by atoms with van der Waals surface area (Å²) in [7, 11) is 1.35. The third kappa shape index (κ3) is 4.08. The number of carbonyl (C=O) groups is 2. The molecule has 5 heteroatoms. The van der Waals surface area contributed by atoms with Gasteiger partial charge < -0.3 is 14.8 Å². The average molecular weight is 333 g/mol. The van der Waals surface area contributed by atoms with Crippen molar-refractivity contribution in [1.82, 2.24) is 5.32 Å². The molecule has 0 atom stereocenters. The Morgan fingerprint density at radius 3 is 2.38 bits per heavy atom. The fourth-order valence-electron chi connectivity index (χ4n) is 3.21. The highest BCUT2D eigenvalue weighted by molar-refractivity contribution is 5.88. The van der Waals surface area contributed by atoms with Crippen LogP contribution in [0.15, 0.2) is 24.3 Å². The number of rotatable bonds is 5. The van der Waals surface area contributed by atoms with Crippen LogP contribution >= 0.6 is 0 Å². The van der Waals surface area contributed by atoms with Crippen LogP contribution in [-0.2, 0) is 19.7 Å². The van der Waals surface area contributed by atoms with Gasteiger partial charge in [0.2, 0.25) is 0 Å². The number of hydrogen-bond donors (Lipinski definition) is 1. The van der Waals surface area contributed by atoms with Crippen LogP contribution in [0.2, 0.25) is 0 Å². The predicted molar refractivity (Wildman–Crippen MR) is 92.0 cm³/mol. The number of ether oxygens (including phenoxy) is 2. The normalized spacial score (nSPS) is 16.5. The minimum Gasteiger partial charge on any atom is -0.483 e. The number of para-hydroxylation sites is 1. The summed E-state index contributed by atoms with van der Waals surface area (Å²) < 4.78 is 10.6. The molecule has 0 unspecified atom stereocenters. The Morgan fingerprint density at radius 2 is 1.79 bits per heavy atom. The number of carbonyl (C=O) groups excluding carboxylic acids is 2. The summed E-state index contributed by atoms with van der Waals surface area (Å²) >= 11 is 0. The zero-order valence-electron chi connectivity index (χ0n) is 15.0. The van der Waals surface area contributed by atoms with E-state index in [1.54, 1.807) is 0 Å². The van der Waals surface area contributed by atoms with Crippen LogP contribution in [0.1, 0.15) is 52.0 Å². The Kier molecular flexibility index (Phi) is 5.52. The summed E-state index contributed by atoms with van der Waals surface area (Å²) in [4.78, 5) is 24.4. The molecule has 0 spiro atoms. The third-order valence-corrected chi connectivity index (χ3v) is 4.47. The van der Waals surface area contributed by atoms with E-state index in [0.29, 0.717) is 18.6 Å². The Hall–Kier alpha value is -2.04. The third-order valence-electron chi connectivity index (χ3n) is 4.47. The second-order valence-electron chi connectivity index (χ2n) is 7.36. The van der Waals surface area contributed by atoms with E-state index in [0.717, 1.165) is 18.4 Å². The van der Waals surface area contributed by atoms with E-state index in [2.05, 4.69) is 26.1 Å². The van der Waals surface area contributed by atoms with Gasteiger partial charge in [0, 0.05) is 0 Å². The zero-order valence-corrected chi connectivity index (χ0v) is 15.0. The number of methoxy groups -OCH3 is 1. The minimum atomic E-state index is -0.890. The molecule has 1 aromatic rings. The lowest BCUT2D eigenvalue weighted by Gasteiger charge is -2.27. The first-order valence-electron chi connectivity index (χ1n) is 8.40. The molecule has 2 rings (SSSR count). The quantitative estimate of drug-likeness (QED) is 0.842. The van der Waals surface area contributed by atoms with Crippen molar-refractivity contribution >= 4 is 11.9 Å². The molecule has 1 fully saturated rings. The Morgan fingerprint density at radius 1 is 1.17 bits per heavy atom. The maximum Gasteiger partial charge on any atom is 0.331 e. The van der Waals surface area contributed by atoms with Crippen molar-refractivity contribution in [3.63, 3.8) is 0 Å². The molecule has 0 aliphatic heterocycles. The van der Waals surface area contributed by atoms with Crippen LogP contribution < -0.4 is 10.1 Å². The first-order valence-corrected chi connectivity index (χ1v) is 8.40. The highest BCUT2D eigenvalue weighted by Gasteiger charge is 2.43. The molecule has 0 heterocycles. The summed E-state index contributed by atoms with van der Waals surface area (Å²) in [5.74, 6) is 0.0214. The molecular formula is C19H27NO4. The van der Waals surface area contributed by atoms with Gasteiger partial charge in [-0.2, -0.15) is 0 Å². The van der Waals surface area contributed by atoms with Crippen molar-refractivity contribution in [1.29, 1.82) is 0 Å². The number of hydrogen-bond acceptors (Lipinski definition) is 4. The molecule has 0 bridgehead atoms. The number of amides is 1. The van der Waals surface area contributed by atoms with Crippen LogP contribution in [0.5, 0.6) is 5.75 Å². The Labute approximate surface area is 143 Å². The van der Waals surface area contributed by atoms with E-state index in [4.69, 9.17) is 9.47 Å². The highest BCUT2D eigenvalue weighted by atomic mass is 16.5. The van der Waals surface area contributed by atoms with Crippen LogP contribution in [0, 0.1) is 0 Å². The van der Waals surface area contributed by atoms with Gasteiger partial charge in [-0.05, 0) is 29.9 Å². The monoisotopic (exact) mass is 333 g/mol. The van der Waals surface area contributed by atoms with Gasteiger partial charge in [0.25, 0.3) is 5.91 Å². The van der Waals surface area contributed by atoms with Crippen molar-refractivity contribution < 1.29 is 19.1 Å². The lowest BCUT2D eigenvalue weighted by atomic mass is 9.86. The van der Waals surface area contributed by atoms with Crippen molar-refractivity contribution in [3.05, 3.63) is 29.8 Å². The number of benzene rings is 1. The van der Waals surface area contributed by atoms with Gasteiger partial charge in [-0.25, -0.2) is 4.79 Å². The first-order chi connectivity index (χ1) is 11.3. The van der Waals surface area contributed by atoms with Crippen molar-refractivity contribution in [2.24, 2.45) is 0 Å². The lowest BCUT2D eigenvalue weighted by Crippen LogP contribution is -2.54. The smallest absolute Gasteiger partial charge is 0.331 e. The van der Waals surface area contributed by atoms with Gasteiger partial charge >= 0.3 is 5.97 Å². The van der Waals surface area contributed by atoms with Crippen molar-refractivity contribution in [3.8, 4) is 5.75 Å². The van der Waals surface area contributed by atoms with E-state index in [-0.39, 0.29) is 23.9 Å². The second kappa shape index (κ2) is 7.24. The molecule has 1 amide bonds. The molecule has 0 saturated heterocycles. The molecule has 1 aliphatic carbocycles. The summed E-state index contributed by atoms with van der Waals surface area (Å²) in [6, 6.07) is 7.70. The van der Waals surface area contributed by atoms with Gasteiger partial charge in [0.15, 0.2) is 6.61 Å². The molecular weight excluding hydrogens is 306 g/mol. The molecule has 0 radical (unpaired) electrons. The van der Waals surface area contributed by atoms with E-state index >= 15 is 0 Å². The molecule has 24 heavy (non-hydrogen) atoms. The van der Waals surface area contributed by atoms with Gasteiger partial charge in [0.05, 0.1) is 7.11 Å². The zero-order chi connectivity index (χ0) is 17.8. The fourth-order valence-corrected chi connectivity index (χ4v) is 3.21. The summed E-state index contributed by atoms with van der Waals surface area (Å²) in [6.07, 6.45) is 3.04. The Bertz CT molecular complexity index is 598. The molecule has 1 aliphatic rings. The first kappa shape index (κ1) is 18.3. The minimum absolute atomic E-state index is 0.0776. The van der Waals surface area contributed by atoms with E-state index in [9.17, 15) is 9.59 Å².